The van der Waals surface area contributed by atoms with Gasteiger partial charge < -0.3 is 5.32 Å². The van der Waals surface area contributed by atoms with Crippen molar-refractivity contribution < 1.29 is 4.79 Å². The number of rotatable bonds is 4. The molecule has 1 saturated heterocycles. The number of carbonyl (C=O) groups is 1. The van der Waals surface area contributed by atoms with Gasteiger partial charge in [0.2, 0.25) is 0 Å². The number of nitrogens with one attached hydrogen (secondary N) is 2. The second-order valence-corrected chi connectivity index (χ2v) is 7.48. The molecule has 9 heteroatoms. The molecule has 142 valence electrons. The standard InChI is InChI=1S/C18H18ClN5OS.ClH/c19-13-1-3-14(4-2-13)24-16(12-5-7-20-8-6-12)15(11-22-24)17(25)23-18-21-9-10-26-18;/h1-4,9-12,20H,5-8H2,(H,21,23,25);1H. The first-order chi connectivity index (χ1) is 12.7. The Hall–Kier alpha value is -1.93. The Kier molecular flexibility index (Phi) is 6.49. The summed E-state index contributed by atoms with van der Waals surface area (Å²) >= 11 is 7.41. The van der Waals surface area contributed by atoms with Crippen molar-refractivity contribution in [3.05, 3.63) is 58.3 Å². The van der Waals surface area contributed by atoms with Gasteiger partial charge in [-0.2, -0.15) is 5.10 Å². The summed E-state index contributed by atoms with van der Waals surface area (Å²) in [6.07, 6.45) is 5.26. The Balaban J connectivity index is 0.00000210. The van der Waals surface area contributed by atoms with Crippen molar-refractivity contribution >= 4 is 46.4 Å². The quantitative estimate of drug-likeness (QED) is 0.661. The maximum Gasteiger partial charge on any atom is 0.260 e. The Morgan fingerprint density at radius 1 is 1.26 bits per heavy atom. The normalized spacial score (nSPS) is 14.6. The lowest BCUT2D eigenvalue weighted by atomic mass is 9.91. The molecule has 27 heavy (non-hydrogen) atoms. The summed E-state index contributed by atoms with van der Waals surface area (Å²) in [7, 11) is 0. The summed E-state index contributed by atoms with van der Waals surface area (Å²) in [5.74, 6) is 0.0974. The molecule has 1 fully saturated rings. The van der Waals surface area contributed by atoms with Gasteiger partial charge in [-0.3, -0.25) is 10.1 Å². The van der Waals surface area contributed by atoms with Gasteiger partial charge in [-0.25, -0.2) is 9.67 Å². The first kappa shape index (κ1) is 19.8. The third-order valence-corrected chi connectivity index (χ3v) is 5.44. The fraction of sp³-hybridized carbons (Fsp3) is 0.278. The molecule has 3 heterocycles. The lowest BCUT2D eigenvalue weighted by molar-refractivity contribution is 0.102. The highest BCUT2D eigenvalue weighted by atomic mass is 35.5. The van der Waals surface area contributed by atoms with E-state index in [4.69, 9.17) is 11.6 Å². The molecular formula is C18H19Cl2N5OS. The second-order valence-electron chi connectivity index (χ2n) is 6.15. The van der Waals surface area contributed by atoms with Crippen LogP contribution in [0, 0.1) is 0 Å². The van der Waals surface area contributed by atoms with Crippen molar-refractivity contribution in [2.75, 3.05) is 18.4 Å². The van der Waals surface area contributed by atoms with Crippen molar-refractivity contribution in [1.29, 1.82) is 0 Å². The minimum absolute atomic E-state index is 0. The minimum Gasteiger partial charge on any atom is -0.317 e. The molecule has 0 spiro atoms. The molecule has 1 amide bonds. The molecule has 0 saturated carbocycles. The number of halogens is 2. The highest BCUT2D eigenvalue weighted by Gasteiger charge is 2.27. The summed E-state index contributed by atoms with van der Waals surface area (Å²) in [4.78, 5) is 17.0. The van der Waals surface area contributed by atoms with Gasteiger partial charge in [-0.1, -0.05) is 11.6 Å². The van der Waals surface area contributed by atoms with Gasteiger partial charge in [-0.05, 0) is 50.2 Å². The van der Waals surface area contributed by atoms with E-state index in [-0.39, 0.29) is 24.2 Å². The topological polar surface area (TPSA) is 71.8 Å². The average Bonchev–Trinajstić information content (AvgIpc) is 3.32. The lowest BCUT2D eigenvalue weighted by Gasteiger charge is -2.24. The number of carbonyl (C=O) groups excluding carboxylic acids is 1. The number of thiazole rings is 1. The van der Waals surface area contributed by atoms with Crippen molar-refractivity contribution in [2.45, 2.75) is 18.8 Å². The van der Waals surface area contributed by atoms with E-state index in [0.717, 1.165) is 37.3 Å². The number of benzene rings is 1. The Bertz CT molecular complexity index is 889. The molecule has 0 radical (unpaired) electrons. The highest BCUT2D eigenvalue weighted by Crippen LogP contribution is 2.31. The minimum atomic E-state index is -0.173. The van der Waals surface area contributed by atoms with Gasteiger partial charge in [-0.15, -0.1) is 23.7 Å². The fourth-order valence-corrected chi connectivity index (χ4v) is 3.91. The molecule has 0 unspecified atom stereocenters. The zero-order valence-corrected chi connectivity index (χ0v) is 16.8. The molecule has 0 atom stereocenters. The molecule has 6 nitrogen and oxygen atoms in total. The summed E-state index contributed by atoms with van der Waals surface area (Å²) in [6, 6.07) is 7.50. The molecule has 4 rings (SSSR count). The van der Waals surface area contributed by atoms with Gasteiger partial charge in [0.15, 0.2) is 5.13 Å². The monoisotopic (exact) mass is 423 g/mol. The number of hydrogen-bond acceptors (Lipinski definition) is 5. The fourth-order valence-electron chi connectivity index (χ4n) is 3.26. The molecule has 1 aromatic carbocycles. The molecule has 0 bridgehead atoms. The maximum absolute atomic E-state index is 12.8. The van der Waals surface area contributed by atoms with E-state index in [1.807, 2.05) is 34.3 Å². The average molecular weight is 424 g/mol. The van der Waals surface area contributed by atoms with Crippen LogP contribution >= 0.6 is 35.3 Å². The van der Waals surface area contributed by atoms with Crippen LogP contribution in [-0.4, -0.2) is 33.8 Å². The maximum atomic E-state index is 12.8. The zero-order chi connectivity index (χ0) is 17.9. The second kappa shape index (κ2) is 8.84. The van der Waals surface area contributed by atoms with E-state index in [9.17, 15) is 4.79 Å². The van der Waals surface area contributed by atoms with Gasteiger partial charge in [0.05, 0.1) is 23.1 Å². The van der Waals surface area contributed by atoms with Gasteiger partial charge >= 0.3 is 0 Å². The number of piperidine rings is 1. The molecule has 2 aromatic heterocycles. The van der Waals surface area contributed by atoms with Crippen LogP contribution in [0.5, 0.6) is 0 Å². The van der Waals surface area contributed by atoms with Crippen LogP contribution < -0.4 is 10.6 Å². The third kappa shape index (κ3) is 4.32. The largest absolute Gasteiger partial charge is 0.317 e. The van der Waals surface area contributed by atoms with Crippen molar-refractivity contribution in [2.24, 2.45) is 0 Å². The van der Waals surface area contributed by atoms with Crippen molar-refractivity contribution in [3.8, 4) is 5.69 Å². The Labute approximate surface area is 172 Å². The van der Waals surface area contributed by atoms with Crippen LogP contribution in [0.25, 0.3) is 5.69 Å². The molecular weight excluding hydrogens is 405 g/mol. The van der Waals surface area contributed by atoms with Gasteiger partial charge in [0, 0.05) is 22.5 Å². The summed E-state index contributed by atoms with van der Waals surface area (Å²) in [5, 5.41) is 13.9. The van der Waals surface area contributed by atoms with Gasteiger partial charge in [0.1, 0.15) is 0 Å². The number of amides is 1. The van der Waals surface area contributed by atoms with Crippen LogP contribution in [0.15, 0.2) is 42.0 Å². The molecule has 1 aliphatic heterocycles. The van der Waals surface area contributed by atoms with Crippen LogP contribution in [0.3, 0.4) is 0 Å². The van der Waals surface area contributed by atoms with E-state index in [1.54, 1.807) is 12.4 Å². The molecule has 0 aliphatic carbocycles. The van der Waals surface area contributed by atoms with Crippen molar-refractivity contribution in [1.82, 2.24) is 20.1 Å². The van der Waals surface area contributed by atoms with Crippen LogP contribution in [0.2, 0.25) is 5.02 Å². The van der Waals surface area contributed by atoms with Gasteiger partial charge in [0.25, 0.3) is 5.91 Å². The molecule has 2 N–H and O–H groups in total. The van der Waals surface area contributed by atoms with E-state index >= 15 is 0 Å². The van der Waals surface area contributed by atoms with Crippen LogP contribution in [-0.2, 0) is 0 Å². The number of aromatic nitrogens is 3. The first-order valence-electron chi connectivity index (χ1n) is 8.48. The smallest absolute Gasteiger partial charge is 0.260 e. The Morgan fingerprint density at radius 3 is 2.67 bits per heavy atom. The van der Waals surface area contributed by atoms with E-state index in [2.05, 4.69) is 20.7 Å². The van der Waals surface area contributed by atoms with Crippen LogP contribution in [0.4, 0.5) is 5.13 Å². The third-order valence-electron chi connectivity index (χ3n) is 4.50. The Morgan fingerprint density at radius 2 is 2.00 bits per heavy atom. The number of nitrogens with zero attached hydrogens (tertiary/aromatic N) is 3. The predicted octanol–water partition coefficient (Wildman–Crippen LogP) is 4.12. The number of anilines is 1. The first-order valence-corrected chi connectivity index (χ1v) is 9.73. The predicted molar refractivity (Wildman–Crippen MR) is 111 cm³/mol. The highest BCUT2D eigenvalue weighted by molar-refractivity contribution is 7.13. The molecule has 3 aromatic rings. The van der Waals surface area contributed by atoms with Crippen molar-refractivity contribution in [3.63, 3.8) is 0 Å². The number of hydrogen-bond donors (Lipinski definition) is 2. The summed E-state index contributed by atoms with van der Waals surface area (Å²) in [5.41, 5.74) is 2.45. The summed E-state index contributed by atoms with van der Waals surface area (Å²) < 4.78 is 1.86. The van der Waals surface area contributed by atoms with E-state index in [0.29, 0.717) is 15.7 Å². The van der Waals surface area contributed by atoms with E-state index in [1.165, 1.54) is 11.3 Å². The lowest BCUT2D eigenvalue weighted by Crippen LogP contribution is -2.29. The van der Waals surface area contributed by atoms with E-state index < -0.39 is 0 Å². The summed E-state index contributed by atoms with van der Waals surface area (Å²) in [6.45, 7) is 1.87. The SMILES string of the molecule is Cl.O=C(Nc1nccs1)c1cnn(-c2ccc(Cl)cc2)c1C1CCNCC1. The molecule has 1 aliphatic rings. The van der Waals surface area contributed by atoms with Crippen LogP contribution in [0.1, 0.15) is 34.8 Å². The zero-order valence-electron chi connectivity index (χ0n) is 14.4.